The first-order valence-corrected chi connectivity index (χ1v) is 8.52. The first-order chi connectivity index (χ1) is 10.1. The molecule has 0 aliphatic heterocycles. The number of ether oxygens (including phenoxy) is 1. The van der Waals surface area contributed by atoms with Crippen LogP contribution in [0.2, 0.25) is 4.34 Å². The van der Waals surface area contributed by atoms with Gasteiger partial charge in [-0.2, -0.15) is 0 Å². The number of likely N-dealkylation sites (N-methyl/N-ethyl adjacent to an activating group) is 1. The molecule has 1 unspecified atom stereocenters. The van der Waals surface area contributed by atoms with E-state index < -0.39 is 0 Å². The van der Waals surface area contributed by atoms with Gasteiger partial charge in [0.05, 0.1) is 10.4 Å². The van der Waals surface area contributed by atoms with Crippen molar-refractivity contribution in [1.82, 2.24) is 5.32 Å². The van der Waals surface area contributed by atoms with E-state index in [0.29, 0.717) is 0 Å². The normalized spacial score (nSPS) is 12.6. The molecule has 0 spiro atoms. The minimum Gasteiger partial charge on any atom is -0.491 e. The zero-order valence-corrected chi connectivity index (χ0v) is 14.3. The molecule has 21 heavy (non-hydrogen) atoms. The van der Waals surface area contributed by atoms with Crippen LogP contribution in [0.15, 0.2) is 36.4 Å². The quantitative estimate of drug-likeness (QED) is 0.767. The highest BCUT2D eigenvalue weighted by Crippen LogP contribution is 2.28. The van der Waals surface area contributed by atoms with E-state index in [1.54, 1.807) is 11.3 Å². The van der Waals surface area contributed by atoms with Crippen LogP contribution in [0.4, 0.5) is 0 Å². The second-order valence-corrected chi connectivity index (χ2v) is 7.06. The van der Waals surface area contributed by atoms with Crippen molar-refractivity contribution in [2.45, 2.75) is 39.3 Å². The summed E-state index contributed by atoms with van der Waals surface area (Å²) in [5, 5.41) is 3.55. The Kier molecular flexibility index (Phi) is 6.09. The Hall–Kier alpha value is -1.03. The third-order valence-electron chi connectivity index (χ3n) is 3.12. The van der Waals surface area contributed by atoms with Gasteiger partial charge in [0.2, 0.25) is 0 Å². The molecule has 4 heteroatoms. The molecule has 0 aliphatic rings. The van der Waals surface area contributed by atoms with Crippen molar-refractivity contribution in [2.75, 3.05) is 6.54 Å². The summed E-state index contributed by atoms with van der Waals surface area (Å²) in [7, 11) is 0. The van der Waals surface area contributed by atoms with Crippen LogP contribution >= 0.6 is 22.9 Å². The number of benzene rings is 1. The fourth-order valence-corrected chi connectivity index (χ4v) is 3.43. The second-order valence-electron chi connectivity index (χ2n) is 5.26. The Morgan fingerprint density at radius 1 is 1.24 bits per heavy atom. The molecule has 1 aromatic heterocycles. The molecule has 114 valence electrons. The largest absolute Gasteiger partial charge is 0.491 e. The van der Waals surface area contributed by atoms with Gasteiger partial charge in [-0.15, -0.1) is 11.3 Å². The number of nitrogens with one attached hydrogen (secondary N) is 1. The highest BCUT2D eigenvalue weighted by Gasteiger charge is 2.13. The molecule has 1 N–H and O–H groups in total. The molecule has 2 aromatic rings. The molecule has 1 aromatic carbocycles. The summed E-state index contributed by atoms with van der Waals surface area (Å²) in [5.74, 6) is 0.926. The van der Waals surface area contributed by atoms with E-state index in [2.05, 4.69) is 36.5 Å². The van der Waals surface area contributed by atoms with Crippen molar-refractivity contribution in [2.24, 2.45) is 0 Å². The van der Waals surface area contributed by atoms with Crippen LogP contribution in [0, 0.1) is 0 Å². The van der Waals surface area contributed by atoms with Gasteiger partial charge < -0.3 is 10.1 Å². The van der Waals surface area contributed by atoms with E-state index in [0.717, 1.165) is 23.1 Å². The predicted octanol–water partition coefficient (Wildman–Crippen LogP) is 5.08. The summed E-state index contributed by atoms with van der Waals surface area (Å²) in [6.07, 6.45) is 1.13. The summed E-state index contributed by atoms with van der Waals surface area (Å²) < 4.78 is 6.64. The van der Waals surface area contributed by atoms with E-state index in [1.807, 2.05) is 26.0 Å². The van der Waals surface area contributed by atoms with Crippen molar-refractivity contribution >= 4 is 22.9 Å². The second kappa shape index (κ2) is 7.83. The van der Waals surface area contributed by atoms with Gasteiger partial charge in [-0.05, 0) is 50.2 Å². The molecular weight excluding hydrogens is 302 g/mol. The maximum atomic E-state index is 6.03. The summed E-state index contributed by atoms with van der Waals surface area (Å²) in [6, 6.07) is 12.7. The Morgan fingerprint density at radius 3 is 2.67 bits per heavy atom. The van der Waals surface area contributed by atoms with Crippen LogP contribution in [0.3, 0.4) is 0 Å². The first-order valence-electron chi connectivity index (χ1n) is 7.32. The zero-order valence-electron chi connectivity index (χ0n) is 12.7. The van der Waals surface area contributed by atoms with Crippen LogP contribution < -0.4 is 10.1 Å². The highest BCUT2D eigenvalue weighted by atomic mass is 35.5. The molecule has 0 saturated heterocycles. The lowest BCUT2D eigenvalue weighted by Crippen LogP contribution is -2.22. The molecule has 1 heterocycles. The van der Waals surface area contributed by atoms with Gasteiger partial charge in [-0.3, -0.25) is 0 Å². The lowest BCUT2D eigenvalue weighted by atomic mass is 10.0. The van der Waals surface area contributed by atoms with Crippen molar-refractivity contribution < 1.29 is 4.74 Å². The minimum atomic E-state index is 0.189. The molecule has 0 saturated carbocycles. The predicted molar refractivity (Wildman–Crippen MR) is 91.7 cm³/mol. The number of thiophene rings is 1. The molecule has 2 nitrogen and oxygen atoms in total. The van der Waals surface area contributed by atoms with Gasteiger partial charge in [-0.25, -0.2) is 0 Å². The lowest BCUT2D eigenvalue weighted by molar-refractivity contribution is 0.242. The highest BCUT2D eigenvalue weighted by molar-refractivity contribution is 7.16. The maximum absolute atomic E-state index is 6.03. The number of hydrogen-bond donors (Lipinski definition) is 1. The summed E-state index contributed by atoms with van der Waals surface area (Å²) in [4.78, 5) is 1.29. The van der Waals surface area contributed by atoms with Crippen LogP contribution in [0.25, 0.3) is 0 Å². The fraction of sp³-hybridized carbons (Fsp3) is 0.412. The Bertz CT molecular complexity index is 567. The zero-order chi connectivity index (χ0) is 15.2. The van der Waals surface area contributed by atoms with Gasteiger partial charge >= 0.3 is 0 Å². The molecule has 0 amide bonds. The summed E-state index contributed by atoms with van der Waals surface area (Å²) in [6.45, 7) is 7.14. The van der Waals surface area contributed by atoms with Gasteiger partial charge in [0.1, 0.15) is 5.75 Å². The van der Waals surface area contributed by atoms with Crippen LogP contribution in [-0.2, 0) is 6.42 Å². The molecule has 0 radical (unpaired) electrons. The van der Waals surface area contributed by atoms with Gasteiger partial charge in [0.15, 0.2) is 0 Å². The van der Waals surface area contributed by atoms with E-state index in [-0.39, 0.29) is 12.1 Å². The average Bonchev–Trinajstić information content (AvgIpc) is 2.83. The number of halogens is 1. The Morgan fingerprint density at radius 2 is 2.05 bits per heavy atom. The topological polar surface area (TPSA) is 21.3 Å². The van der Waals surface area contributed by atoms with Crippen LogP contribution in [-0.4, -0.2) is 12.6 Å². The third-order valence-corrected chi connectivity index (χ3v) is 4.37. The maximum Gasteiger partial charge on any atom is 0.120 e. The van der Waals surface area contributed by atoms with Crippen molar-refractivity contribution in [3.8, 4) is 5.75 Å². The van der Waals surface area contributed by atoms with Crippen molar-refractivity contribution in [1.29, 1.82) is 0 Å². The van der Waals surface area contributed by atoms with E-state index >= 15 is 0 Å². The van der Waals surface area contributed by atoms with Gasteiger partial charge in [0, 0.05) is 17.3 Å². The number of hydrogen-bond acceptors (Lipinski definition) is 3. The smallest absolute Gasteiger partial charge is 0.120 e. The molecule has 2 rings (SSSR count). The molecule has 0 fully saturated rings. The number of rotatable bonds is 7. The Labute approximate surface area is 136 Å². The summed E-state index contributed by atoms with van der Waals surface area (Å²) in [5.41, 5.74) is 1.25. The lowest BCUT2D eigenvalue weighted by Gasteiger charge is -2.19. The summed E-state index contributed by atoms with van der Waals surface area (Å²) >= 11 is 7.67. The van der Waals surface area contributed by atoms with Crippen LogP contribution in [0.1, 0.15) is 37.3 Å². The SMILES string of the molecule is CCNC(Cc1ccc(Cl)s1)c1cccc(OC(C)C)c1. The molecular formula is C17H22ClNOS. The monoisotopic (exact) mass is 323 g/mol. The van der Waals surface area contributed by atoms with Crippen molar-refractivity contribution in [3.63, 3.8) is 0 Å². The first kappa shape index (κ1) is 16.3. The van der Waals surface area contributed by atoms with Crippen LogP contribution in [0.5, 0.6) is 5.75 Å². The van der Waals surface area contributed by atoms with E-state index in [1.165, 1.54) is 10.4 Å². The molecule has 0 bridgehead atoms. The van der Waals surface area contributed by atoms with Crippen molar-refractivity contribution in [3.05, 3.63) is 51.2 Å². The molecule has 0 aliphatic carbocycles. The Balaban J connectivity index is 2.17. The van der Waals surface area contributed by atoms with Gasteiger partial charge in [-0.1, -0.05) is 30.7 Å². The minimum absolute atomic E-state index is 0.189. The van der Waals surface area contributed by atoms with E-state index in [4.69, 9.17) is 16.3 Å². The fourth-order valence-electron chi connectivity index (χ4n) is 2.29. The van der Waals surface area contributed by atoms with E-state index in [9.17, 15) is 0 Å². The standard InChI is InChI=1S/C17H22ClNOS/c1-4-19-16(11-15-8-9-17(18)21-15)13-6-5-7-14(10-13)20-12(2)3/h5-10,12,16,19H,4,11H2,1-3H3. The third kappa shape index (κ3) is 5.03. The molecule has 1 atom stereocenters. The average molecular weight is 324 g/mol. The van der Waals surface area contributed by atoms with Gasteiger partial charge in [0.25, 0.3) is 0 Å².